The van der Waals surface area contributed by atoms with Crippen LogP contribution in [-0.4, -0.2) is 25.0 Å². The molecule has 0 spiro atoms. The van der Waals surface area contributed by atoms with Crippen LogP contribution < -0.4 is 5.56 Å². The van der Waals surface area contributed by atoms with Gasteiger partial charge in [0.05, 0.1) is 15.9 Å². The van der Waals surface area contributed by atoms with Crippen LogP contribution in [-0.2, 0) is 13.0 Å². The summed E-state index contributed by atoms with van der Waals surface area (Å²) in [6, 6.07) is 6.84. The fraction of sp³-hybridized carbons (Fsp3) is 0.200. The highest BCUT2D eigenvalue weighted by Gasteiger charge is 2.15. The predicted molar refractivity (Wildman–Crippen MR) is 99.7 cm³/mol. The Kier molecular flexibility index (Phi) is 5.72. The Bertz CT molecular complexity index is 943. The van der Waals surface area contributed by atoms with Crippen molar-refractivity contribution in [2.45, 2.75) is 19.1 Å². The molecule has 130 valence electrons. The van der Waals surface area contributed by atoms with E-state index in [0.29, 0.717) is 20.0 Å². The normalized spacial score (nSPS) is 12.3. The lowest BCUT2D eigenvalue weighted by Gasteiger charge is -2.08. The van der Waals surface area contributed by atoms with Crippen molar-refractivity contribution in [3.63, 3.8) is 0 Å². The third kappa shape index (κ3) is 4.38. The first-order chi connectivity index (χ1) is 11.9. The summed E-state index contributed by atoms with van der Waals surface area (Å²) in [7, 11) is 0. The van der Waals surface area contributed by atoms with E-state index in [9.17, 15) is 9.90 Å². The first kappa shape index (κ1) is 18.3. The monoisotopic (exact) mass is 492 g/mol. The lowest BCUT2D eigenvalue weighted by Crippen LogP contribution is -2.24. The molecule has 2 heterocycles. The van der Waals surface area contributed by atoms with Gasteiger partial charge in [-0.25, -0.2) is 4.68 Å². The first-order valence-electron chi connectivity index (χ1n) is 7.10. The number of aromatic nitrogens is 4. The first-order valence-corrected chi connectivity index (χ1v) is 8.93. The molecular weight excluding hydrogens is 482 g/mol. The van der Waals surface area contributed by atoms with Gasteiger partial charge in [-0.05, 0) is 40.3 Å². The average Bonchev–Trinajstić information content (AvgIpc) is 3.03. The largest absolute Gasteiger partial charge is 0.388 e. The van der Waals surface area contributed by atoms with Gasteiger partial charge in [-0.3, -0.25) is 4.79 Å². The Morgan fingerprint density at radius 1 is 1.28 bits per heavy atom. The Morgan fingerprint density at radius 2 is 2.00 bits per heavy atom. The molecule has 25 heavy (non-hydrogen) atoms. The van der Waals surface area contributed by atoms with Gasteiger partial charge in [0, 0.05) is 11.4 Å². The van der Waals surface area contributed by atoms with Crippen LogP contribution in [0, 0.1) is 3.57 Å². The molecule has 0 bridgehead atoms. The molecule has 10 heteroatoms. The topological polar surface area (TPSA) is 94.0 Å². The maximum Gasteiger partial charge on any atom is 0.287 e. The van der Waals surface area contributed by atoms with Gasteiger partial charge in [0.25, 0.3) is 5.56 Å². The van der Waals surface area contributed by atoms with Crippen molar-refractivity contribution in [2.24, 2.45) is 0 Å². The number of benzene rings is 1. The van der Waals surface area contributed by atoms with Crippen LogP contribution in [0.3, 0.4) is 0 Å². The number of aliphatic hydroxyl groups is 1. The van der Waals surface area contributed by atoms with Crippen LogP contribution in [0.15, 0.2) is 39.8 Å². The summed E-state index contributed by atoms with van der Waals surface area (Å²) in [6.45, 7) is -0.000483. The predicted octanol–water partition coefficient (Wildman–Crippen LogP) is 2.86. The number of hydrogen-bond donors (Lipinski definition) is 1. The Labute approximate surface area is 165 Å². The highest BCUT2D eigenvalue weighted by Crippen LogP contribution is 2.19. The van der Waals surface area contributed by atoms with E-state index in [-0.39, 0.29) is 23.9 Å². The second-order valence-corrected chi connectivity index (χ2v) is 7.12. The summed E-state index contributed by atoms with van der Waals surface area (Å²) >= 11 is 13.7. The minimum atomic E-state index is -0.795. The molecule has 0 fully saturated rings. The third-order valence-electron chi connectivity index (χ3n) is 3.37. The van der Waals surface area contributed by atoms with Crippen molar-refractivity contribution < 1.29 is 9.63 Å². The molecular formula is C15H11Cl2IN4O3. The molecule has 2 aromatic heterocycles. The summed E-state index contributed by atoms with van der Waals surface area (Å²) in [5.41, 5.74) is 0.257. The number of hydrogen-bond acceptors (Lipinski definition) is 6. The average molecular weight is 493 g/mol. The maximum atomic E-state index is 12.0. The van der Waals surface area contributed by atoms with Crippen LogP contribution >= 0.6 is 45.8 Å². The van der Waals surface area contributed by atoms with Crippen molar-refractivity contribution in [3.8, 4) is 0 Å². The summed E-state index contributed by atoms with van der Waals surface area (Å²) in [5.74, 6) is 0.521. The van der Waals surface area contributed by atoms with Crippen molar-refractivity contribution in [1.82, 2.24) is 19.9 Å². The number of aliphatic hydroxyl groups excluding tert-OH is 1. The summed E-state index contributed by atoms with van der Waals surface area (Å²) in [5, 5.41) is 18.7. The van der Waals surface area contributed by atoms with E-state index in [2.05, 4.69) is 15.2 Å². The fourth-order valence-corrected chi connectivity index (χ4v) is 2.73. The number of rotatable bonds is 5. The summed E-state index contributed by atoms with van der Waals surface area (Å²) in [6.07, 6.45) is 0.851. The zero-order valence-corrected chi connectivity index (χ0v) is 16.2. The molecule has 1 unspecified atom stereocenters. The Morgan fingerprint density at radius 3 is 2.72 bits per heavy atom. The van der Waals surface area contributed by atoms with E-state index >= 15 is 0 Å². The second kappa shape index (κ2) is 7.81. The molecule has 0 amide bonds. The van der Waals surface area contributed by atoms with Crippen molar-refractivity contribution in [1.29, 1.82) is 0 Å². The lowest BCUT2D eigenvalue weighted by atomic mass is 10.1. The van der Waals surface area contributed by atoms with E-state index in [0.717, 1.165) is 4.68 Å². The lowest BCUT2D eigenvalue weighted by molar-refractivity contribution is 0.174. The molecule has 0 saturated heterocycles. The highest BCUT2D eigenvalue weighted by molar-refractivity contribution is 14.1. The van der Waals surface area contributed by atoms with E-state index < -0.39 is 11.7 Å². The molecule has 0 aliphatic rings. The third-order valence-corrected chi connectivity index (χ3v) is 5.12. The van der Waals surface area contributed by atoms with Crippen molar-refractivity contribution in [2.75, 3.05) is 0 Å². The van der Waals surface area contributed by atoms with Gasteiger partial charge in [-0.15, -0.1) is 0 Å². The molecule has 1 aromatic carbocycles. The fourth-order valence-electron chi connectivity index (χ4n) is 2.10. The van der Waals surface area contributed by atoms with Gasteiger partial charge in [0.1, 0.15) is 11.6 Å². The summed E-state index contributed by atoms with van der Waals surface area (Å²) in [4.78, 5) is 16.2. The SMILES string of the molecule is O=c1c(Cl)c(I)cnn1Cc1nc(CC(O)c2ccc(Cl)cc2)no1. The smallest absolute Gasteiger partial charge is 0.287 e. The minimum Gasteiger partial charge on any atom is -0.388 e. The van der Waals surface area contributed by atoms with Gasteiger partial charge < -0.3 is 9.63 Å². The van der Waals surface area contributed by atoms with Gasteiger partial charge in [-0.2, -0.15) is 10.1 Å². The molecule has 0 radical (unpaired) electrons. The molecule has 0 aliphatic heterocycles. The zero-order valence-electron chi connectivity index (χ0n) is 12.6. The van der Waals surface area contributed by atoms with Crippen LogP contribution in [0.2, 0.25) is 10.0 Å². The van der Waals surface area contributed by atoms with Crippen LogP contribution in [0.1, 0.15) is 23.4 Å². The highest BCUT2D eigenvalue weighted by atomic mass is 127. The van der Waals surface area contributed by atoms with Gasteiger partial charge in [0.2, 0.25) is 5.89 Å². The van der Waals surface area contributed by atoms with E-state index in [4.69, 9.17) is 27.7 Å². The summed E-state index contributed by atoms with van der Waals surface area (Å²) < 4.78 is 6.82. The second-order valence-electron chi connectivity index (χ2n) is 5.15. The Balaban J connectivity index is 1.71. The molecule has 1 N–H and O–H groups in total. The van der Waals surface area contributed by atoms with E-state index in [1.807, 2.05) is 22.6 Å². The standard InChI is InChI=1S/C15H11Cl2IN4O3/c16-9-3-1-8(2-4-9)11(23)5-12-20-13(25-21-12)7-22-15(24)14(17)10(18)6-19-22/h1-4,6,11,23H,5,7H2. The number of nitrogens with zero attached hydrogens (tertiary/aromatic N) is 4. The molecule has 1 atom stereocenters. The Hall–Kier alpha value is -1.49. The zero-order chi connectivity index (χ0) is 18.0. The molecule has 3 rings (SSSR count). The van der Waals surface area contributed by atoms with Gasteiger partial charge in [-0.1, -0.05) is 40.5 Å². The van der Waals surface area contributed by atoms with Gasteiger partial charge in [0.15, 0.2) is 5.82 Å². The van der Waals surface area contributed by atoms with Crippen molar-refractivity contribution in [3.05, 3.63) is 71.7 Å². The van der Waals surface area contributed by atoms with Crippen LogP contribution in [0.4, 0.5) is 0 Å². The van der Waals surface area contributed by atoms with E-state index in [1.165, 1.54) is 6.20 Å². The maximum absolute atomic E-state index is 12.0. The molecule has 0 saturated carbocycles. The minimum absolute atomic E-state index is 0.000483. The molecule has 3 aromatic rings. The quantitative estimate of drug-likeness (QED) is 0.550. The van der Waals surface area contributed by atoms with Crippen LogP contribution in [0.25, 0.3) is 0 Å². The molecule has 0 aliphatic carbocycles. The van der Waals surface area contributed by atoms with Crippen LogP contribution in [0.5, 0.6) is 0 Å². The molecule has 7 nitrogen and oxygen atoms in total. The van der Waals surface area contributed by atoms with Crippen molar-refractivity contribution >= 4 is 45.8 Å². The van der Waals surface area contributed by atoms with E-state index in [1.54, 1.807) is 24.3 Å². The number of halogens is 3. The van der Waals surface area contributed by atoms with Gasteiger partial charge >= 0.3 is 0 Å².